The molecule has 0 amide bonds. The van der Waals surface area contributed by atoms with Crippen LogP contribution in [0.3, 0.4) is 0 Å². The second kappa shape index (κ2) is 2.66. The summed E-state index contributed by atoms with van der Waals surface area (Å²) in [5.41, 5.74) is 5.74. The van der Waals surface area contributed by atoms with Crippen molar-refractivity contribution in [2.24, 2.45) is 10.7 Å². The van der Waals surface area contributed by atoms with Gasteiger partial charge >= 0.3 is 0 Å². The van der Waals surface area contributed by atoms with Gasteiger partial charge in [0.15, 0.2) is 0 Å². The van der Waals surface area contributed by atoms with Gasteiger partial charge in [-0.2, -0.15) is 0 Å². The molecule has 1 aliphatic rings. The number of nitrogens with zero attached hydrogens (tertiary/aromatic N) is 1. The Bertz CT molecular complexity index is 250. The normalized spacial score (nSPS) is 21.5. The maximum Gasteiger partial charge on any atom is 0.105 e. The fourth-order valence-corrected chi connectivity index (χ4v) is 0.733. The summed E-state index contributed by atoms with van der Waals surface area (Å²) in [5.74, 6) is 0. The van der Waals surface area contributed by atoms with Crippen molar-refractivity contribution in [3.05, 3.63) is 23.0 Å². The lowest BCUT2D eigenvalue weighted by atomic mass is 10.2. The van der Waals surface area contributed by atoms with Gasteiger partial charge in [0.1, 0.15) is 5.70 Å². The van der Waals surface area contributed by atoms with Gasteiger partial charge < -0.3 is 5.73 Å². The Morgan fingerprint density at radius 3 is 2.90 bits per heavy atom. The highest BCUT2D eigenvalue weighted by Gasteiger charge is 2.09. The van der Waals surface area contributed by atoms with Crippen LogP contribution in [-0.4, -0.2) is 11.9 Å². The molecule has 0 saturated heterocycles. The SMILES string of the molecule is N=C1C(Cl)=CC=N/C1=C/N. The number of hydrogen-bond acceptors (Lipinski definition) is 3. The first-order valence-corrected chi connectivity index (χ1v) is 3.04. The molecule has 0 aromatic carbocycles. The Morgan fingerprint density at radius 2 is 2.40 bits per heavy atom. The quantitative estimate of drug-likeness (QED) is 0.539. The van der Waals surface area contributed by atoms with Crippen LogP contribution in [0.1, 0.15) is 0 Å². The van der Waals surface area contributed by atoms with E-state index in [9.17, 15) is 0 Å². The Hall–Kier alpha value is -1.09. The van der Waals surface area contributed by atoms with Gasteiger partial charge in [-0.05, 0) is 6.08 Å². The average Bonchev–Trinajstić information content (AvgIpc) is 1.95. The summed E-state index contributed by atoms with van der Waals surface area (Å²) in [7, 11) is 0. The minimum absolute atomic E-state index is 0.173. The molecule has 0 saturated carbocycles. The van der Waals surface area contributed by atoms with Crippen LogP contribution in [0, 0.1) is 5.41 Å². The number of dihydropyridines is 1. The second-order valence-corrected chi connectivity index (χ2v) is 2.13. The maximum absolute atomic E-state index is 7.29. The Morgan fingerprint density at radius 1 is 1.70 bits per heavy atom. The van der Waals surface area contributed by atoms with Gasteiger partial charge in [0, 0.05) is 12.4 Å². The molecule has 3 N–H and O–H groups in total. The Balaban J connectivity index is 3.00. The zero-order valence-corrected chi connectivity index (χ0v) is 5.89. The van der Waals surface area contributed by atoms with E-state index in [1.807, 2.05) is 0 Å². The summed E-state index contributed by atoms with van der Waals surface area (Å²) in [6, 6.07) is 0. The second-order valence-electron chi connectivity index (χ2n) is 1.72. The van der Waals surface area contributed by atoms with Gasteiger partial charge in [0.05, 0.1) is 10.7 Å². The lowest BCUT2D eigenvalue weighted by molar-refractivity contribution is 1.35. The summed E-state index contributed by atoms with van der Waals surface area (Å²) < 4.78 is 0. The third kappa shape index (κ3) is 1.09. The summed E-state index contributed by atoms with van der Waals surface area (Å²) in [4.78, 5) is 3.81. The van der Waals surface area contributed by atoms with Crippen molar-refractivity contribution >= 4 is 23.5 Å². The predicted molar refractivity (Wildman–Crippen MR) is 42.4 cm³/mol. The maximum atomic E-state index is 7.29. The molecule has 0 unspecified atom stereocenters. The molecular formula is C6H6ClN3. The van der Waals surface area contributed by atoms with Crippen LogP contribution < -0.4 is 5.73 Å². The lowest BCUT2D eigenvalue weighted by Gasteiger charge is -2.04. The van der Waals surface area contributed by atoms with Crippen LogP contribution >= 0.6 is 11.6 Å². The molecule has 0 radical (unpaired) electrons. The number of nitrogens with two attached hydrogens (primary N) is 1. The smallest absolute Gasteiger partial charge is 0.105 e. The van der Waals surface area contributed by atoms with E-state index in [2.05, 4.69) is 4.99 Å². The fraction of sp³-hybridized carbons (Fsp3) is 0. The van der Waals surface area contributed by atoms with E-state index in [0.717, 1.165) is 0 Å². The molecule has 0 atom stereocenters. The molecule has 0 fully saturated rings. The van der Waals surface area contributed by atoms with Gasteiger partial charge in [-0.15, -0.1) is 0 Å². The van der Waals surface area contributed by atoms with E-state index in [-0.39, 0.29) is 5.71 Å². The molecule has 1 rings (SSSR count). The standard InChI is InChI=1S/C6H6ClN3/c7-4-1-2-10-5(3-8)6(4)9/h1-3,9H,8H2/b5-3+,9-6?. The molecule has 0 aromatic rings. The van der Waals surface area contributed by atoms with Crippen molar-refractivity contribution < 1.29 is 0 Å². The zero-order chi connectivity index (χ0) is 7.56. The monoisotopic (exact) mass is 155 g/mol. The van der Waals surface area contributed by atoms with E-state index >= 15 is 0 Å². The van der Waals surface area contributed by atoms with Gasteiger partial charge in [-0.1, -0.05) is 11.6 Å². The fourth-order valence-electron chi connectivity index (χ4n) is 0.580. The molecule has 0 bridgehead atoms. The van der Waals surface area contributed by atoms with Crippen molar-refractivity contribution in [3.8, 4) is 0 Å². The van der Waals surface area contributed by atoms with Gasteiger partial charge in [0.25, 0.3) is 0 Å². The molecule has 0 aromatic heterocycles. The van der Waals surface area contributed by atoms with Crippen molar-refractivity contribution in [1.82, 2.24) is 0 Å². The predicted octanol–water partition coefficient (Wildman–Crippen LogP) is 1.01. The van der Waals surface area contributed by atoms with Crippen LogP contribution in [0.15, 0.2) is 28.0 Å². The van der Waals surface area contributed by atoms with Crippen LogP contribution in [0.4, 0.5) is 0 Å². The topological polar surface area (TPSA) is 62.2 Å². The molecule has 0 spiro atoms. The molecule has 1 heterocycles. The largest absolute Gasteiger partial charge is 0.403 e. The van der Waals surface area contributed by atoms with Crippen molar-refractivity contribution in [1.29, 1.82) is 5.41 Å². The number of halogens is 1. The molecule has 4 heteroatoms. The van der Waals surface area contributed by atoms with E-state index in [4.69, 9.17) is 22.7 Å². The van der Waals surface area contributed by atoms with Crippen molar-refractivity contribution in [3.63, 3.8) is 0 Å². The first-order valence-electron chi connectivity index (χ1n) is 2.66. The van der Waals surface area contributed by atoms with E-state index < -0.39 is 0 Å². The Kier molecular flexibility index (Phi) is 1.87. The number of aliphatic imine (C=N–C) groups is 1. The first-order chi connectivity index (χ1) is 4.75. The molecule has 52 valence electrons. The number of allylic oxidation sites excluding steroid dienone is 2. The molecule has 0 aliphatic carbocycles. The van der Waals surface area contributed by atoms with Crippen LogP contribution in [0.5, 0.6) is 0 Å². The van der Waals surface area contributed by atoms with Crippen LogP contribution in [-0.2, 0) is 0 Å². The summed E-state index contributed by atoms with van der Waals surface area (Å²) in [6.07, 6.45) is 4.32. The highest BCUT2D eigenvalue weighted by molar-refractivity contribution is 6.47. The highest BCUT2D eigenvalue weighted by atomic mass is 35.5. The number of nitrogens with one attached hydrogen (secondary N) is 1. The zero-order valence-electron chi connectivity index (χ0n) is 5.13. The average molecular weight is 156 g/mol. The van der Waals surface area contributed by atoms with E-state index in [1.54, 1.807) is 6.08 Å². The third-order valence-corrected chi connectivity index (χ3v) is 1.40. The van der Waals surface area contributed by atoms with Crippen molar-refractivity contribution in [2.75, 3.05) is 0 Å². The van der Waals surface area contributed by atoms with Crippen molar-refractivity contribution in [2.45, 2.75) is 0 Å². The van der Waals surface area contributed by atoms with Gasteiger partial charge in [0.2, 0.25) is 0 Å². The van der Waals surface area contributed by atoms with Crippen LogP contribution in [0.25, 0.3) is 0 Å². The molecule has 10 heavy (non-hydrogen) atoms. The molecular weight excluding hydrogens is 150 g/mol. The van der Waals surface area contributed by atoms with Gasteiger partial charge in [-0.25, -0.2) is 0 Å². The number of rotatable bonds is 0. The molecule has 1 aliphatic heterocycles. The van der Waals surface area contributed by atoms with E-state index in [0.29, 0.717) is 10.7 Å². The Labute approximate surface area is 63.4 Å². The summed E-state index contributed by atoms with van der Waals surface area (Å²) in [5, 5.41) is 7.66. The third-order valence-electron chi connectivity index (χ3n) is 1.09. The summed E-state index contributed by atoms with van der Waals surface area (Å²) >= 11 is 5.59. The van der Waals surface area contributed by atoms with Gasteiger partial charge in [-0.3, -0.25) is 10.4 Å². The molecule has 3 nitrogen and oxygen atoms in total. The first kappa shape index (κ1) is 7.02. The minimum atomic E-state index is 0.173. The van der Waals surface area contributed by atoms with E-state index in [1.165, 1.54) is 12.4 Å². The highest BCUT2D eigenvalue weighted by Crippen LogP contribution is 2.13. The van der Waals surface area contributed by atoms with Crippen LogP contribution in [0.2, 0.25) is 0 Å². The minimum Gasteiger partial charge on any atom is -0.403 e. The summed E-state index contributed by atoms with van der Waals surface area (Å²) in [6.45, 7) is 0. The lowest BCUT2D eigenvalue weighted by Crippen LogP contribution is -2.05. The number of hydrogen-bond donors (Lipinski definition) is 2.